The van der Waals surface area contributed by atoms with Crippen molar-refractivity contribution in [3.8, 4) is 0 Å². The first-order valence-corrected chi connectivity index (χ1v) is 34.1. The molecule has 15 atom stereocenters. The average molecular weight is 1340 g/mol. The lowest BCUT2D eigenvalue weighted by molar-refractivity contribution is -0.122. The Morgan fingerprint density at radius 1 is 0.701 bits per heavy atom. The summed E-state index contributed by atoms with van der Waals surface area (Å²) in [4.78, 5) is 127. The number of rotatable bonds is 34. The molecule has 38 nitrogen and oxygen atoms in total. The molecule has 0 aliphatic carbocycles. The number of amides is 5. The molecule has 4 fully saturated rings. The van der Waals surface area contributed by atoms with E-state index in [-0.39, 0.29) is 77.3 Å². The number of fused-ring (bicyclic) bond motifs is 2. The van der Waals surface area contributed by atoms with E-state index in [1.807, 2.05) is 11.8 Å². The predicted molar refractivity (Wildman–Crippen MR) is 301 cm³/mol. The summed E-state index contributed by atoms with van der Waals surface area (Å²) in [6.45, 7) is -1.48. The number of thioether (sulfide) groups is 1. The van der Waals surface area contributed by atoms with Gasteiger partial charge in [-0.25, -0.2) is 32.8 Å². The number of aromatic nitrogens is 6. The van der Waals surface area contributed by atoms with E-state index < -0.39 is 105 Å². The molecule has 18 N–H and O–H groups in total. The zero-order valence-electron chi connectivity index (χ0n) is 46.0. The molecule has 4 aliphatic rings. The van der Waals surface area contributed by atoms with E-state index in [9.17, 15) is 87.0 Å². The van der Waals surface area contributed by atoms with Crippen LogP contribution >= 0.6 is 43.1 Å². The van der Waals surface area contributed by atoms with Crippen LogP contribution in [0, 0.1) is 0 Å². The van der Waals surface area contributed by atoms with Crippen LogP contribution in [-0.2, 0) is 64.1 Å². The smallest absolute Gasteiger partial charge is 0.387 e. The highest BCUT2D eigenvalue weighted by atomic mass is 32.2. The lowest BCUT2D eigenvalue weighted by atomic mass is 10.0. The second-order valence-electron chi connectivity index (χ2n) is 20.2. The minimum atomic E-state index is -6.33. The number of carbonyl (C=O) groups excluding carboxylic acids is 4. The Morgan fingerprint density at radius 2 is 1.23 bits per heavy atom. The number of ether oxygens (including phenoxy) is 2. The molecule has 0 radical (unpaired) electrons. The van der Waals surface area contributed by atoms with Gasteiger partial charge in [0.25, 0.3) is 5.56 Å². The Balaban J connectivity index is 0.744. The molecule has 0 aromatic carbocycles. The summed E-state index contributed by atoms with van der Waals surface area (Å²) in [5, 5.41) is 57.3. The van der Waals surface area contributed by atoms with Crippen molar-refractivity contribution in [3.63, 3.8) is 0 Å². The van der Waals surface area contributed by atoms with Crippen LogP contribution in [0.15, 0.2) is 28.2 Å². The number of hydrogen-bond donors (Lipinski definition) is 16. The predicted octanol–water partition coefficient (Wildman–Crippen LogP) is -1.53. The van der Waals surface area contributed by atoms with Gasteiger partial charge in [0, 0.05) is 61.7 Å². The summed E-state index contributed by atoms with van der Waals surface area (Å²) in [6.07, 6.45) is -2.05. The van der Waals surface area contributed by atoms with Gasteiger partial charge < -0.3 is 87.5 Å². The van der Waals surface area contributed by atoms with Crippen molar-refractivity contribution in [3.05, 3.63) is 45.0 Å². The minimum Gasteiger partial charge on any atom is -0.387 e. The number of aliphatic hydroxyl groups excluding tert-OH is 4. The molecule has 7 heterocycles. The van der Waals surface area contributed by atoms with Gasteiger partial charge in [0.1, 0.15) is 42.4 Å². The lowest BCUT2D eigenvalue weighted by Crippen LogP contribution is -2.36. The third-order valence-corrected chi connectivity index (χ3v) is 21.1. The van der Waals surface area contributed by atoms with Crippen molar-refractivity contribution in [2.24, 2.45) is 0 Å². The second kappa shape index (κ2) is 30.6. The number of phosphoric ester groups is 2. The minimum absolute atomic E-state index is 0.00166. The van der Waals surface area contributed by atoms with Crippen LogP contribution in [0.25, 0.3) is 17.2 Å². The fourth-order valence-corrected chi connectivity index (χ4v) is 16.0. The molecule has 87 heavy (non-hydrogen) atoms. The second-order valence-corrected chi connectivity index (χ2v) is 27.7. The summed E-state index contributed by atoms with van der Waals surface area (Å²) >= 11 is 1.85. The largest absolute Gasteiger partial charge is 0.490 e. The number of aliphatic hydroxyl groups is 4. The van der Waals surface area contributed by atoms with E-state index in [4.69, 9.17) is 20.9 Å². The number of anilines is 2. The Bertz CT molecular complexity index is 3290. The van der Waals surface area contributed by atoms with Crippen LogP contribution in [0.2, 0.25) is 0 Å². The van der Waals surface area contributed by atoms with Gasteiger partial charge in [-0.1, -0.05) is 31.4 Å². The van der Waals surface area contributed by atoms with Crippen LogP contribution in [0.1, 0.15) is 95.1 Å². The van der Waals surface area contributed by atoms with Crippen molar-refractivity contribution in [1.29, 1.82) is 0 Å². The number of hydrogen-bond acceptors (Lipinski definition) is 27. The van der Waals surface area contributed by atoms with Gasteiger partial charge in [0.2, 0.25) is 23.7 Å². The van der Waals surface area contributed by atoms with Crippen LogP contribution in [-0.4, -0.2) is 185 Å². The van der Waals surface area contributed by atoms with Crippen molar-refractivity contribution in [1.82, 2.24) is 55.7 Å². The molecule has 7 unspecified atom stereocenters. The Labute approximate surface area is 497 Å². The number of nitrogens with one attached hydrogen (secondary N) is 6. The van der Waals surface area contributed by atoms with Gasteiger partial charge in [0.15, 0.2) is 23.6 Å². The molecule has 3 aromatic heterocycles. The highest BCUT2D eigenvalue weighted by molar-refractivity contribution is 8.00. The Hall–Kier alpha value is -5.08. The molecule has 0 saturated carbocycles. The first-order valence-electron chi connectivity index (χ1n) is 27.0. The fraction of sp³-hybridized carbons (Fsp3) is 0.659. The average Bonchev–Trinajstić information content (AvgIpc) is 2.16. The molecule has 5 amide bonds. The summed E-state index contributed by atoms with van der Waals surface area (Å²) in [6, 6.07) is 0.236. The van der Waals surface area contributed by atoms with E-state index >= 15 is 0 Å². The normalized spacial score (nSPS) is 27.2. The number of nitrogen functional groups attached to an aromatic ring is 2. The number of nitrogens with zero attached hydrogens (tertiary/aromatic N) is 5. The first-order chi connectivity index (χ1) is 41.0. The molecule has 0 bridgehead atoms. The monoisotopic (exact) mass is 1340 g/mol. The van der Waals surface area contributed by atoms with Gasteiger partial charge in [-0.15, -0.1) is 0 Å². The lowest BCUT2D eigenvalue weighted by Gasteiger charge is -2.21. The zero-order chi connectivity index (χ0) is 63.4. The summed E-state index contributed by atoms with van der Waals surface area (Å²) in [7, 11) is -24.5. The van der Waals surface area contributed by atoms with E-state index in [0.717, 1.165) is 54.9 Å². The molecule has 4 saturated heterocycles. The molecular weight excluding hydrogens is 1270 g/mol. The SMILES string of the molecule is Nc1nc2c(ncn2[C@@H]2O[C@H](COP(=O)(O)OP(=O)(O)OP(=O)(O)OP(=O)(O)OC[C@H]3O[C@@H](n4cc(C=CCNC(=O)CCCCCNC(=O)CCCCCNC(=O)CCCC[C@H]5SC[C@H]6NC(=O)N[C@H]65)c(N)nc4=O)[C@@H](O)C3O)C(O)C2O)c(=O)[nH]1. The summed E-state index contributed by atoms with van der Waals surface area (Å²) in [5.74, 6) is -0.106. The maximum atomic E-state index is 12.9. The summed E-state index contributed by atoms with van der Waals surface area (Å²) < 4.78 is 83.7. The highest BCUT2D eigenvalue weighted by Gasteiger charge is 2.50. The topological polar surface area (TPSA) is 574 Å². The molecule has 4 aliphatic heterocycles. The number of H-pyrrole nitrogens is 1. The Kier molecular flexibility index (Phi) is 24.4. The Morgan fingerprint density at radius 3 is 1.80 bits per heavy atom. The van der Waals surface area contributed by atoms with E-state index in [2.05, 4.69) is 68.5 Å². The third-order valence-electron chi connectivity index (χ3n) is 13.7. The zero-order valence-corrected chi connectivity index (χ0v) is 50.4. The molecule has 7 rings (SSSR count). The number of carbonyl (C=O) groups is 4. The van der Waals surface area contributed by atoms with Gasteiger partial charge in [-0.3, -0.25) is 42.3 Å². The van der Waals surface area contributed by atoms with Crippen molar-refractivity contribution in [2.75, 3.05) is 50.1 Å². The molecule has 0 spiro atoms. The molecule has 3 aromatic rings. The van der Waals surface area contributed by atoms with Crippen LogP contribution < -0.4 is 49.3 Å². The number of urea groups is 1. The van der Waals surface area contributed by atoms with Gasteiger partial charge in [0.05, 0.1) is 31.6 Å². The number of phosphoric acid groups is 4. The highest BCUT2D eigenvalue weighted by Crippen LogP contribution is 2.71. The van der Waals surface area contributed by atoms with E-state index in [0.29, 0.717) is 61.4 Å². The van der Waals surface area contributed by atoms with Crippen molar-refractivity contribution < 1.29 is 109 Å². The molecule has 43 heteroatoms. The molecule has 486 valence electrons. The van der Waals surface area contributed by atoms with Crippen LogP contribution in [0.4, 0.5) is 16.6 Å². The number of aromatic amines is 1. The third kappa shape index (κ3) is 20.0. The quantitative estimate of drug-likeness (QED) is 0.0183. The number of nitrogens with two attached hydrogens (primary N) is 2. The summed E-state index contributed by atoms with van der Waals surface area (Å²) in [5.41, 5.74) is 9.20. The van der Waals surface area contributed by atoms with Crippen LogP contribution in [0.3, 0.4) is 0 Å². The molecular formula is C44H69N13O25P4S. The fourth-order valence-electron chi connectivity index (χ4n) is 9.46. The van der Waals surface area contributed by atoms with Gasteiger partial charge in [-0.05, 0) is 38.5 Å². The van der Waals surface area contributed by atoms with Gasteiger partial charge >= 0.3 is 43.0 Å². The van der Waals surface area contributed by atoms with Crippen molar-refractivity contribution >= 4 is 95.8 Å². The van der Waals surface area contributed by atoms with E-state index in [1.165, 1.54) is 12.2 Å². The maximum Gasteiger partial charge on any atom is 0.490 e. The number of imidazole rings is 1. The first kappa shape index (κ1) is 69.4. The van der Waals surface area contributed by atoms with Gasteiger partial charge in [-0.2, -0.15) is 34.7 Å². The maximum absolute atomic E-state index is 12.9. The number of unbranched alkanes of at least 4 members (excludes halogenated alkanes) is 5. The standard InChI is InChI=1S/C44H69N13O25P4S/c45-37-23(10-9-17-49-29(59)13-4-2-7-15-47-28(58)12-3-1-8-16-48-30(60)14-6-5-11-27-31-24(21-87-27)51-43(66)52-31)18-56(44(67)53-37)40-35(63)33(61)25(78-40)19-76-83(68,69)80-85(72,73)82-86(74,75)81-84(70,71)77-20-26-34(62)36(64)41(79-26)57-22-50-32-38(57)54-42(46)55-39(32)65/h9-10,18,22,24-27,31,33-36,40-41,61-64H,1-8,11-17,19-21H2,(H,47,58)(H,48,60)(H,49,59)(H,68,69)(H,70,71)(H,72,73)(H,74,75)(H2,45,53,67)(H2,51,52,66)(H3,46,54,55,65)/t24-,25-,26-,27-,31-,33?,34?,35+,36?,40-,41-/m1/s1. The van der Waals surface area contributed by atoms with E-state index in [1.54, 1.807) is 0 Å². The van der Waals surface area contributed by atoms with Crippen LogP contribution in [0.5, 0.6) is 0 Å². The van der Waals surface area contributed by atoms with Crippen molar-refractivity contribution in [2.45, 2.75) is 143 Å².